The average molecular weight is 224 g/mol. The smallest absolute Gasteiger partial charge is 0.344 e. The number of ether oxygens (including phenoxy) is 1. The summed E-state index contributed by atoms with van der Waals surface area (Å²) < 4.78 is 4.76. The second-order valence-corrected chi connectivity index (χ2v) is 3.57. The van der Waals surface area contributed by atoms with E-state index >= 15 is 0 Å². The van der Waals surface area contributed by atoms with Gasteiger partial charge in [0.25, 0.3) is 0 Å². The van der Waals surface area contributed by atoms with E-state index in [0.717, 1.165) is 12.1 Å². The van der Waals surface area contributed by atoms with Gasteiger partial charge in [-0.2, -0.15) is 5.10 Å². The highest BCUT2D eigenvalue weighted by Crippen LogP contribution is 2.09. The molecule has 88 valence electrons. The number of carboxylic acid groups (broad SMARTS) is 1. The van der Waals surface area contributed by atoms with Gasteiger partial charge in [-0.15, -0.1) is 0 Å². The van der Waals surface area contributed by atoms with Crippen molar-refractivity contribution in [3.63, 3.8) is 0 Å². The van der Waals surface area contributed by atoms with Gasteiger partial charge in [0.1, 0.15) is 0 Å². The molecule has 16 heavy (non-hydrogen) atoms. The number of carboxylic acids is 1. The zero-order chi connectivity index (χ0) is 12.0. The van der Waals surface area contributed by atoms with Crippen molar-refractivity contribution in [2.24, 2.45) is 0 Å². The van der Waals surface area contributed by atoms with E-state index in [9.17, 15) is 4.79 Å². The molecule has 2 heterocycles. The zero-order valence-electron chi connectivity index (χ0n) is 9.43. The highest BCUT2D eigenvalue weighted by atomic mass is 16.5. The molecule has 1 aromatic rings. The molecule has 5 heteroatoms. The molecular formula is C11H16N2O3. The van der Waals surface area contributed by atoms with E-state index in [2.05, 4.69) is 10.2 Å². The Labute approximate surface area is 94.1 Å². The van der Waals surface area contributed by atoms with Crippen molar-refractivity contribution in [3.8, 4) is 0 Å². The lowest BCUT2D eigenvalue weighted by Crippen LogP contribution is -2.23. The summed E-state index contributed by atoms with van der Waals surface area (Å²) in [6.45, 7) is 4.00. The van der Waals surface area contributed by atoms with Gasteiger partial charge in [-0.25, -0.2) is 4.79 Å². The standard InChI is InChI=1S/C6H8O3.C5H8N2/c7-6(8)5-3-1-2-4-9-5;1-4-3-6-7-5(4)2/h2,4-5H,1,3H2,(H,7,8);3H,1-2H3,(H,6,7). The Hall–Kier alpha value is -1.78. The molecule has 0 saturated heterocycles. The van der Waals surface area contributed by atoms with Crippen LogP contribution in [0.4, 0.5) is 0 Å². The van der Waals surface area contributed by atoms with E-state index < -0.39 is 12.1 Å². The van der Waals surface area contributed by atoms with Crippen LogP contribution in [-0.2, 0) is 9.53 Å². The molecular weight excluding hydrogens is 208 g/mol. The van der Waals surface area contributed by atoms with Crippen molar-refractivity contribution < 1.29 is 14.6 Å². The molecule has 0 aromatic carbocycles. The summed E-state index contributed by atoms with van der Waals surface area (Å²) >= 11 is 0. The maximum absolute atomic E-state index is 10.2. The van der Waals surface area contributed by atoms with Crippen LogP contribution in [0, 0.1) is 13.8 Å². The Balaban J connectivity index is 0.000000165. The maximum atomic E-state index is 10.2. The molecule has 0 saturated carbocycles. The van der Waals surface area contributed by atoms with Gasteiger partial charge < -0.3 is 9.84 Å². The second kappa shape index (κ2) is 5.95. The SMILES string of the molecule is Cc1c[nH]nc1C.O=C(O)C1CCC=CO1. The molecule has 0 aliphatic carbocycles. The van der Waals surface area contributed by atoms with Crippen LogP contribution in [0.15, 0.2) is 18.5 Å². The van der Waals surface area contributed by atoms with Crippen LogP contribution in [-0.4, -0.2) is 27.4 Å². The van der Waals surface area contributed by atoms with Gasteiger partial charge in [0.05, 0.1) is 12.0 Å². The average Bonchev–Trinajstić information content (AvgIpc) is 2.65. The summed E-state index contributed by atoms with van der Waals surface area (Å²) in [7, 11) is 0. The largest absolute Gasteiger partial charge is 0.487 e. The molecule has 5 nitrogen and oxygen atoms in total. The first kappa shape index (κ1) is 12.3. The number of aryl methyl sites for hydroxylation is 2. The number of hydrogen-bond donors (Lipinski definition) is 2. The molecule has 1 atom stereocenters. The highest BCUT2D eigenvalue weighted by molar-refractivity contribution is 5.72. The quantitative estimate of drug-likeness (QED) is 0.762. The van der Waals surface area contributed by atoms with Gasteiger partial charge in [0.15, 0.2) is 6.10 Å². The minimum Gasteiger partial charge on any atom is -0.487 e. The molecule has 1 aliphatic heterocycles. The van der Waals surface area contributed by atoms with Gasteiger partial charge in [-0.1, -0.05) is 0 Å². The van der Waals surface area contributed by atoms with Crippen LogP contribution in [0.5, 0.6) is 0 Å². The van der Waals surface area contributed by atoms with Crippen LogP contribution in [0.3, 0.4) is 0 Å². The lowest BCUT2D eigenvalue weighted by Gasteiger charge is -2.13. The third-order valence-corrected chi connectivity index (χ3v) is 2.29. The number of nitrogens with zero attached hydrogens (tertiary/aromatic N) is 1. The number of aromatic nitrogens is 2. The molecule has 2 rings (SSSR count). The summed E-state index contributed by atoms with van der Waals surface area (Å²) in [5, 5.41) is 15.0. The number of hydrogen-bond acceptors (Lipinski definition) is 3. The van der Waals surface area contributed by atoms with Crippen molar-refractivity contribution in [2.45, 2.75) is 32.8 Å². The van der Waals surface area contributed by atoms with E-state index in [-0.39, 0.29) is 0 Å². The zero-order valence-corrected chi connectivity index (χ0v) is 9.43. The van der Waals surface area contributed by atoms with E-state index in [1.807, 2.05) is 26.1 Å². The number of nitrogens with one attached hydrogen (secondary N) is 1. The van der Waals surface area contributed by atoms with Crippen molar-refractivity contribution in [1.29, 1.82) is 0 Å². The summed E-state index contributed by atoms with van der Waals surface area (Å²) in [6, 6.07) is 0. The van der Waals surface area contributed by atoms with Gasteiger partial charge >= 0.3 is 5.97 Å². The van der Waals surface area contributed by atoms with Crippen LogP contribution < -0.4 is 0 Å². The fourth-order valence-electron chi connectivity index (χ4n) is 1.13. The number of rotatable bonds is 1. The van der Waals surface area contributed by atoms with Gasteiger partial charge in [0, 0.05) is 6.20 Å². The van der Waals surface area contributed by atoms with Gasteiger partial charge in [-0.05, 0) is 38.3 Å². The lowest BCUT2D eigenvalue weighted by atomic mass is 10.2. The number of H-pyrrole nitrogens is 1. The first-order valence-corrected chi connectivity index (χ1v) is 5.11. The highest BCUT2D eigenvalue weighted by Gasteiger charge is 2.18. The second-order valence-electron chi connectivity index (χ2n) is 3.57. The fourth-order valence-corrected chi connectivity index (χ4v) is 1.13. The Morgan fingerprint density at radius 2 is 2.38 bits per heavy atom. The molecule has 2 N–H and O–H groups in total. The van der Waals surface area contributed by atoms with Crippen molar-refractivity contribution in [3.05, 3.63) is 29.8 Å². The van der Waals surface area contributed by atoms with Crippen molar-refractivity contribution >= 4 is 5.97 Å². The van der Waals surface area contributed by atoms with E-state index in [1.165, 1.54) is 11.8 Å². The predicted octanol–water partition coefficient (Wildman–Crippen LogP) is 1.79. The van der Waals surface area contributed by atoms with Crippen molar-refractivity contribution in [1.82, 2.24) is 10.2 Å². The van der Waals surface area contributed by atoms with Crippen LogP contribution >= 0.6 is 0 Å². The Morgan fingerprint density at radius 1 is 1.62 bits per heavy atom. The molecule has 1 unspecified atom stereocenters. The van der Waals surface area contributed by atoms with Crippen LogP contribution in [0.1, 0.15) is 24.1 Å². The molecule has 0 spiro atoms. The summed E-state index contributed by atoms with van der Waals surface area (Å²) in [5.41, 5.74) is 2.31. The minimum atomic E-state index is -0.876. The Kier molecular flexibility index (Phi) is 4.57. The Bertz CT molecular complexity index is 355. The monoisotopic (exact) mass is 224 g/mol. The van der Waals surface area contributed by atoms with E-state index in [0.29, 0.717) is 6.42 Å². The van der Waals surface area contributed by atoms with E-state index in [4.69, 9.17) is 9.84 Å². The number of allylic oxidation sites excluding steroid dienone is 1. The first-order chi connectivity index (χ1) is 7.61. The Morgan fingerprint density at radius 3 is 2.62 bits per heavy atom. The normalized spacial score (nSPS) is 18.2. The molecule has 0 fully saturated rings. The fraction of sp³-hybridized carbons (Fsp3) is 0.455. The number of aromatic amines is 1. The molecule has 0 radical (unpaired) electrons. The molecule has 0 bridgehead atoms. The van der Waals surface area contributed by atoms with E-state index in [1.54, 1.807) is 0 Å². The van der Waals surface area contributed by atoms with Crippen molar-refractivity contribution in [2.75, 3.05) is 0 Å². The topological polar surface area (TPSA) is 75.2 Å². The molecule has 1 aromatic heterocycles. The molecule has 1 aliphatic rings. The van der Waals surface area contributed by atoms with Crippen LogP contribution in [0.2, 0.25) is 0 Å². The summed E-state index contributed by atoms with van der Waals surface area (Å²) in [6.07, 6.45) is 5.93. The van der Waals surface area contributed by atoms with Crippen LogP contribution in [0.25, 0.3) is 0 Å². The summed E-state index contributed by atoms with van der Waals surface area (Å²) in [4.78, 5) is 10.2. The molecule has 0 amide bonds. The first-order valence-electron chi connectivity index (χ1n) is 5.11. The maximum Gasteiger partial charge on any atom is 0.344 e. The number of carbonyl (C=O) groups is 1. The third kappa shape index (κ3) is 3.76. The third-order valence-electron chi connectivity index (χ3n) is 2.29. The van der Waals surface area contributed by atoms with Gasteiger partial charge in [-0.3, -0.25) is 5.10 Å². The summed E-state index contributed by atoms with van der Waals surface area (Å²) in [5.74, 6) is -0.876. The predicted molar refractivity (Wildman–Crippen MR) is 58.9 cm³/mol. The minimum absolute atomic E-state index is 0.589. The lowest BCUT2D eigenvalue weighted by molar-refractivity contribution is -0.147. The number of aliphatic carboxylic acids is 1. The van der Waals surface area contributed by atoms with Gasteiger partial charge in [0.2, 0.25) is 0 Å².